The fourth-order valence-corrected chi connectivity index (χ4v) is 2.96. The number of carbonyl (C=O) groups excluding carboxylic acids is 4. The molecule has 0 aliphatic heterocycles. The van der Waals surface area contributed by atoms with Gasteiger partial charge in [-0.05, 0) is 49.9 Å². The zero-order valence-electron chi connectivity index (χ0n) is 18.7. The lowest BCUT2D eigenvalue weighted by Crippen LogP contribution is -2.54. The number of phenolic OH excluding ortho intramolecular Hbond substituents is 1. The molecule has 1 aromatic carbocycles. The Morgan fingerprint density at radius 2 is 1.59 bits per heavy atom. The molecule has 188 valence electrons. The van der Waals surface area contributed by atoms with E-state index >= 15 is 0 Å². The van der Waals surface area contributed by atoms with E-state index in [-0.39, 0.29) is 18.6 Å². The van der Waals surface area contributed by atoms with Crippen molar-refractivity contribution in [3.8, 4) is 5.75 Å². The van der Waals surface area contributed by atoms with E-state index in [4.69, 9.17) is 17.2 Å². The molecule has 34 heavy (non-hydrogen) atoms. The number of nitrogens with one attached hydrogen (secondary N) is 3. The van der Waals surface area contributed by atoms with Gasteiger partial charge in [-0.3, -0.25) is 19.2 Å². The first-order valence-corrected chi connectivity index (χ1v) is 10.7. The summed E-state index contributed by atoms with van der Waals surface area (Å²) in [6.45, 7) is -0.172. The Morgan fingerprint density at radius 1 is 0.941 bits per heavy atom. The molecule has 3 atom stereocenters. The van der Waals surface area contributed by atoms with Crippen molar-refractivity contribution in [2.75, 3.05) is 13.1 Å². The van der Waals surface area contributed by atoms with E-state index < -0.39 is 60.7 Å². The monoisotopic (exact) mass is 480 g/mol. The summed E-state index contributed by atoms with van der Waals surface area (Å²) in [7, 11) is 0. The van der Waals surface area contributed by atoms with Crippen LogP contribution >= 0.6 is 0 Å². The maximum atomic E-state index is 12.5. The lowest BCUT2D eigenvalue weighted by atomic mass is 10.1. The highest BCUT2D eigenvalue weighted by Gasteiger charge is 2.28. The van der Waals surface area contributed by atoms with Crippen molar-refractivity contribution in [3.05, 3.63) is 29.8 Å². The molecule has 1 rings (SSSR count). The molecule has 0 bridgehead atoms. The van der Waals surface area contributed by atoms with E-state index in [2.05, 4.69) is 16.0 Å². The number of rotatable bonds is 15. The Bertz CT molecular complexity index is 862. The molecule has 0 aromatic heterocycles. The summed E-state index contributed by atoms with van der Waals surface area (Å²) in [5.74, 6) is -4.44. The molecular weight excluding hydrogens is 448 g/mol. The van der Waals surface area contributed by atoms with E-state index in [1.54, 1.807) is 12.1 Å². The Kier molecular flexibility index (Phi) is 12.0. The average Bonchev–Trinajstić information content (AvgIpc) is 2.77. The van der Waals surface area contributed by atoms with E-state index in [1.165, 1.54) is 12.1 Å². The fraction of sp³-hybridized carbons (Fsp3) is 0.476. The molecule has 11 N–H and O–H groups in total. The summed E-state index contributed by atoms with van der Waals surface area (Å²) >= 11 is 0. The van der Waals surface area contributed by atoms with Crippen LogP contribution in [0.4, 0.5) is 0 Å². The van der Waals surface area contributed by atoms with Crippen LogP contribution in [-0.2, 0) is 30.4 Å². The van der Waals surface area contributed by atoms with Crippen molar-refractivity contribution >= 4 is 29.6 Å². The molecule has 0 spiro atoms. The molecule has 1 aromatic rings. The SMILES string of the molecule is NCCCCC(NC(=O)C(CC(N)=O)NC(=O)CNC(=O)C(N)Cc1ccc(O)cc1)C(=O)O. The van der Waals surface area contributed by atoms with Crippen molar-refractivity contribution < 1.29 is 34.2 Å². The van der Waals surface area contributed by atoms with Gasteiger partial charge in [-0.2, -0.15) is 0 Å². The second-order valence-corrected chi connectivity index (χ2v) is 7.67. The first kappa shape index (κ1) is 28.3. The van der Waals surface area contributed by atoms with Gasteiger partial charge in [0.15, 0.2) is 0 Å². The predicted octanol–water partition coefficient (Wildman–Crippen LogP) is -2.56. The first-order chi connectivity index (χ1) is 16.0. The number of carboxylic acid groups (broad SMARTS) is 1. The Hall–Kier alpha value is -3.71. The number of unbranched alkanes of at least 4 members (excludes halogenated alkanes) is 1. The van der Waals surface area contributed by atoms with Crippen LogP contribution in [0.3, 0.4) is 0 Å². The number of carbonyl (C=O) groups is 5. The van der Waals surface area contributed by atoms with Gasteiger partial charge < -0.3 is 43.4 Å². The van der Waals surface area contributed by atoms with E-state index in [0.29, 0.717) is 24.9 Å². The molecule has 0 fully saturated rings. The van der Waals surface area contributed by atoms with Gasteiger partial charge in [0.2, 0.25) is 23.6 Å². The van der Waals surface area contributed by atoms with Crippen molar-refractivity contribution in [3.63, 3.8) is 0 Å². The van der Waals surface area contributed by atoms with Gasteiger partial charge in [-0.25, -0.2) is 4.79 Å². The van der Waals surface area contributed by atoms with Gasteiger partial charge in [-0.1, -0.05) is 12.1 Å². The smallest absolute Gasteiger partial charge is 0.326 e. The standard InChI is InChI=1S/C21H32N6O7/c22-8-2-1-3-15(21(33)34)27-20(32)16(10-17(24)29)26-18(30)11-25-19(31)14(23)9-12-4-6-13(28)7-5-12/h4-7,14-16,28H,1-3,8-11,22-23H2,(H2,24,29)(H,25,31)(H,26,30)(H,27,32)(H,33,34). The molecule has 0 aliphatic carbocycles. The quantitative estimate of drug-likeness (QED) is 0.123. The van der Waals surface area contributed by atoms with Gasteiger partial charge in [0.05, 0.1) is 19.0 Å². The number of aromatic hydroxyl groups is 1. The minimum Gasteiger partial charge on any atom is -0.508 e. The second kappa shape index (κ2) is 14.4. The van der Waals surface area contributed by atoms with Crippen LogP contribution in [0.1, 0.15) is 31.2 Å². The third-order valence-electron chi connectivity index (χ3n) is 4.77. The molecule has 0 saturated heterocycles. The maximum Gasteiger partial charge on any atom is 0.326 e. The van der Waals surface area contributed by atoms with Gasteiger partial charge in [0, 0.05) is 0 Å². The number of amides is 4. The van der Waals surface area contributed by atoms with Crippen LogP contribution in [-0.4, -0.2) is 71.0 Å². The zero-order valence-corrected chi connectivity index (χ0v) is 18.7. The summed E-state index contributed by atoms with van der Waals surface area (Å²) in [6.07, 6.45) is 0.722. The van der Waals surface area contributed by atoms with Crippen molar-refractivity contribution in [2.45, 2.75) is 50.2 Å². The third-order valence-corrected chi connectivity index (χ3v) is 4.77. The number of hydrogen-bond acceptors (Lipinski definition) is 8. The number of carboxylic acids is 1. The number of hydrogen-bond donors (Lipinski definition) is 8. The van der Waals surface area contributed by atoms with E-state index in [9.17, 15) is 34.2 Å². The van der Waals surface area contributed by atoms with Crippen molar-refractivity contribution in [1.29, 1.82) is 0 Å². The largest absolute Gasteiger partial charge is 0.508 e. The molecule has 4 amide bonds. The highest BCUT2D eigenvalue weighted by atomic mass is 16.4. The lowest BCUT2D eigenvalue weighted by Gasteiger charge is -2.21. The number of primary amides is 1. The number of nitrogens with two attached hydrogens (primary N) is 3. The van der Waals surface area contributed by atoms with Crippen LogP contribution in [0.5, 0.6) is 5.75 Å². The summed E-state index contributed by atoms with van der Waals surface area (Å²) < 4.78 is 0. The van der Waals surface area contributed by atoms with Crippen LogP contribution in [0, 0.1) is 0 Å². The van der Waals surface area contributed by atoms with Crippen LogP contribution < -0.4 is 33.2 Å². The summed E-state index contributed by atoms with van der Waals surface area (Å²) in [6, 6.07) is 2.46. The van der Waals surface area contributed by atoms with Crippen LogP contribution in [0.15, 0.2) is 24.3 Å². The first-order valence-electron chi connectivity index (χ1n) is 10.7. The van der Waals surface area contributed by atoms with Gasteiger partial charge in [0.1, 0.15) is 17.8 Å². The molecule has 13 heteroatoms. The molecule has 0 heterocycles. The van der Waals surface area contributed by atoms with E-state index in [0.717, 1.165) is 0 Å². The van der Waals surface area contributed by atoms with Gasteiger partial charge >= 0.3 is 5.97 Å². The average molecular weight is 481 g/mol. The Balaban J connectivity index is 2.63. The number of benzene rings is 1. The molecule has 0 saturated carbocycles. The minimum atomic E-state index is -1.43. The number of phenols is 1. The lowest BCUT2D eigenvalue weighted by molar-refractivity contribution is -0.142. The minimum absolute atomic E-state index is 0.0678. The summed E-state index contributed by atoms with van der Waals surface area (Å²) in [4.78, 5) is 59.6. The third kappa shape index (κ3) is 10.7. The summed E-state index contributed by atoms with van der Waals surface area (Å²) in [5.41, 5.74) is 17.0. The molecule has 0 radical (unpaired) electrons. The van der Waals surface area contributed by atoms with Crippen LogP contribution in [0.2, 0.25) is 0 Å². The van der Waals surface area contributed by atoms with Crippen LogP contribution in [0.25, 0.3) is 0 Å². The van der Waals surface area contributed by atoms with Gasteiger partial charge in [-0.15, -0.1) is 0 Å². The zero-order chi connectivity index (χ0) is 25.7. The Labute approximate surface area is 196 Å². The Morgan fingerprint density at radius 3 is 2.15 bits per heavy atom. The van der Waals surface area contributed by atoms with Crippen molar-refractivity contribution in [2.24, 2.45) is 17.2 Å². The van der Waals surface area contributed by atoms with Crippen molar-refractivity contribution in [1.82, 2.24) is 16.0 Å². The highest BCUT2D eigenvalue weighted by molar-refractivity contribution is 5.94. The van der Waals surface area contributed by atoms with E-state index in [1.807, 2.05) is 0 Å². The van der Waals surface area contributed by atoms with Gasteiger partial charge in [0.25, 0.3) is 0 Å². The topological polar surface area (TPSA) is 240 Å². The normalized spacial score (nSPS) is 13.2. The fourth-order valence-electron chi connectivity index (χ4n) is 2.96. The predicted molar refractivity (Wildman–Crippen MR) is 121 cm³/mol. The highest BCUT2D eigenvalue weighted by Crippen LogP contribution is 2.10. The molecule has 13 nitrogen and oxygen atoms in total. The summed E-state index contributed by atoms with van der Waals surface area (Å²) in [5, 5.41) is 25.4. The maximum absolute atomic E-state index is 12.5. The molecule has 0 aliphatic rings. The number of aliphatic carboxylic acids is 1. The second-order valence-electron chi connectivity index (χ2n) is 7.67. The molecule has 3 unspecified atom stereocenters. The molecular formula is C21H32N6O7.